The van der Waals surface area contributed by atoms with E-state index in [1.807, 2.05) is 6.07 Å². The molecular formula is C17H18Br2FN. The summed E-state index contributed by atoms with van der Waals surface area (Å²) in [4.78, 5) is 0. The van der Waals surface area contributed by atoms with E-state index in [1.54, 1.807) is 6.07 Å². The van der Waals surface area contributed by atoms with Crippen LogP contribution in [0.25, 0.3) is 0 Å². The third kappa shape index (κ3) is 4.63. The topological polar surface area (TPSA) is 12.0 Å². The summed E-state index contributed by atoms with van der Waals surface area (Å²) in [6.07, 6.45) is 0.620. The summed E-state index contributed by atoms with van der Waals surface area (Å²) in [5.74, 6) is -0.159. The van der Waals surface area contributed by atoms with Crippen molar-refractivity contribution in [3.05, 3.63) is 67.9 Å². The van der Waals surface area contributed by atoms with Gasteiger partial charge in [0.1, 0.15) is 5.82 Å². The van der Waals surface area contributed by atoms with Gasteiger partial charge in [0.2, 0.25) is 0 Å². The number of halogens is 3. The molecule has 0 saturated carbocycles. The molecule has 0 fully saturated rings. The standard InChI is InChI=1S/C17H18Br2FN/c1-3-21-17(13-6-11(2)7-15(19)9-13)10-12-8-14(18)4-5-16(12)20/h4-9,17,21H,3,10H2,1-2H3. The molecule has 0 radical (unpaired) electrons. The number of hydrogen-bond donors (Lipinski definition) is 1. The first kappa shape index (κ1) is 16.7. The Labute approximate surface area is 142 Å². The van der Waals surface area contributed by atoms with Gasteiger partial charge in [-0.1, -0.05) is 44.8 Å². The van der Waals surface area contributed by atoms with Crippen LogP contribution in [-0.4, -0.2) is 6.54 Å². The van der Waals surface area contributed by atoms with Crippen LogP contribution in [0, 0.1) is 12.7 Å². The molecular weight excluding hydrogens is 397 g/mol. The van der Waals surface area contributed by atoms with Crippen molar-refractivity contribution in [3.8, 4) is 0 Å². The largest absolute Gasteiger partial charge is 0.310 e. The second-order valence-electron chi connectivity index (χ2n) is 5.11. The Bertz CT molecular complexity index is 608. The molecule has 0 aromatic heterocycles. The highest BCUT2D eigenvalue weighted by atomic mass is 79.9. The predicted octanol–water partition coefficient (Wildman–Crippen LogP) is 5.55. The summed E-state index contributed by atoms with van der Waals surface area (Å²) >= 11 is 6.94. The van der Waals surface area contributed by atoms with Gasteiger partial charge in [-0.25, -0.2) is 4.39 Å². The van der Waals surface area contributed by atoms with Crippen LogP contribution in [0.1, 0.15) is 29.7 Å². The van der Waals surface area contributed by atoms with Gasteiger partial charge in [0, 0.05) is 15.0 Å². The molecule has 1 atom stereocenters. The molecule has 2 aromatic rings. The minimum absolute atomic E-state index is 0.0926. The average Bonchev–Trinajstić information content (AvgIpc) is 2.41. The number of nitrogens with one attached hydrogen (secondary N) is 1. The number of benzene rings is 2. The summed E-state index contributed by atoms with van der Waals surface area (Å²) in [6, 6.07) is 11.5. The molecule has 0 spiro atoms. The Hall–Kier alpha value is -0.710. The molecule has 2 rings (SSSR count). The van der Waals surface area contributed by atoms with Crippen molar-refractivity contribution in [2.45, 2.75) is 26.3 Å². The van der Waals surface area contributed by atoms with E-state index in [-0.39, 0.29) is 11.9 Å². The van der Waals surface area contributed by atoms with Gasteiger partial charge >= 0.3 is 0 Å². The van der Waals surface area contributed by atoms with Crippen molar-refractivity contribution in [1.29, 1.82) is 0 Å². The van der Waals surface area contributed by atoms with Crippen molar-refractivity contribution < 1.29 is 4.39 Å². The average molecular weight is 415 g/mol. The van der Waals surface area contributed by atoms with E-state index in [0.717, 1.165) is 15.5 Å². The van der Waals surface area contributed by atoms with E-state index < -0.39 is 0 Å². The summed E-state index contributed by atoms with van der Waals surface area (Å²) < 4.78 is 15.9. The first-order valence-electron chi connectivity index (χ1n) is 6.94. The number of hydrogen-bond acceptors (Lipinski definition) is 1. The monoisotopic (exact) mass is 413 g/mol. The molecule has 0 heterocycles. The number of likely N-dealkylation sites (N-methyl/N-ethyl adjacent to an activating group) is 1. The Balaban J connectivity index is 2.32. The molecule has 0 aliphatic heterocycles. The summed E-state index contributed by atoms with van der Waals surface area (Å²) in [5.41, 5.74) is 3.08. The smallest absolute Gasteiger partial charge is 0.126 e. The number of rotatable bonds is 5. The van der Waals surface area contributed by atoms with Crippen LogP contribution in [0.3, 0.4) is 0 Å². The van der Waals surface area contributed by atoms with Crippen LogP contribution in [0.5, 0.6) is 0 Å². The summed E-state index contributed by atoms with van der Waals surface area (Å²) in [6.45, 7) is 4.97. The van der Waals surface area contributed by atoms with Crippen LogP contribution in [-0.2, 0) is 6.42 Å². The zero-order chi connectivity index (χ0) is 15.4. The van der Waals surface area contributed by atoms with Crippen LogP contribution in [0.2, 0.25) is 0 Å². The fourth-order valence-corrected chi connectivity index (χ4v) is 3.47. The minimum atomic E-state index is -0.159. The van der Waals surface area contributed by atoms with Gasteiger partial charge in [-0.3, -0.25) is 0 Å². The molecule has 112 valence electrons. The molecule has 0 aliphatic rings. The van der Waals surface area contributed by atoms with E-state index in [4.69, 9.17) is 0 Å². The molecule has 1 nitrogen and oxygen atoms in total. The molecule has 21 heavy (non-hydrogen) atoms. The molecule has 0 aliphatic carbocycles. The molecule has 1 unspecified atom stereocenters. The van der Waals surface area contributed by atoms with Crippen molar-refractivity contribution in [1.82, 2.24) is 5.32 Å². The van der Waals surface area contributed by atoms with Crippen LogP contribution >= 0.6 is 31.9 Å². The Kier molecular flexibility index (Phi) is 5.97. The predicted molar refractivity (Wildman–Crippen MR) is 93.1 cm³/mol. The molecule has 0 bridgehead atoms. The Morgan fingerprint density at radius 3 is 2.52 bits per heavy atom. The van der Waals surface area contributed by atoms with E-state index in [9.17, 15) is 4.39 Å². The maximum atomic E-state index is 14.0. The van der Waals surface area contributed by atoms with E-state index >= 15 is 0 Å². The molecule has 4 heteroatoms. The lowest BCUT2D eigenvalue weighted by molar-refractivity contribution is 0.527. The van der Waals surface area contributed by atoms with Gasteiger partial charge in [0.05, 0.1) is 0 Å². The maximum Gasteiger partial charge on any atom is 0.126 e. The van der Waals surface area contributed by atoms with Gasteiger partial charge in [-0.15, -0.1) is 0 Å². The lowest BCUT2D eigenvalue weighted by Gasteiger charge is -2.20. The zero-order valence-corrected chi connectivity index (χ0v) is 15.3. The lowest BCUT2D eigenvalue weighted by atomic mass is 9.97. The third-order valence-electron chi connectivity index (χ3n) is 3.35. The van der Waals surface area contributed by atoms with Crippen LogP contribution < -0.4 is 5.32 Å². The summed E-state index contributed by atoms with van der Waals surface area (Å²) in [7, 11) is 0. The van der Waals surface area contributed by atoms with E-state index in [1.165, 1.54) is 17.2 Å². The number of aryl methyl sites for hydroxylation is 1. The molecule has 2 aromatic carbocycles. The Morgan fingerprint density at radius 2 is 1.86 bits per heavy atom. The van der Waals surface area contributed by atoms with Crippen molar-refractivity contribution >= 4 is 31.9 Å². The van der Waals surface area contributed by atoms with Crippen molar-refractivity contribution in [2.24, 2.45) is 0 Å². The first-order valence-corrected chi connectivity index (χ1v) is 8.52. The van der Waals surface area contributed by atoms with E-state index in [2.05, 4.69) is 69.2 Å². The highest BCUT2D eigenvalue weighted by Crippen LogP contribution is 2.26. The van der Waals surface area contributed by atoms with Gasteiger partial charge in [0.25, 0.3) is 0 Å². The highest BCUT2D eigenvalue weighted by Gasteiger charge is 2.15. The molecule has 1 N–H and O–H groups in total. The molecule has 0 amide bonds. The second-order valence-corrected chi connectivity index (χ2v) is 6.94. The zero-order valence-electron chi connectivity index (χ0n) is 12.1. The maximum absolute atomic E-state index is 14.0. The second kappa shape index (κ2) is 7.52. The fourth-order valence-electron chi connectivity index (χ4n) is 2.44. The normalized spacial score (nSPS) is 12.4. The minimum Gasteiger partial charge on any atom is -0.310 e. The summed E-state index contributed by atoms with van der Waals surface area (Å²) in [5, 5.41) is 3.45. The van der Waals surface area contributed by atoms with Crippen LogP contribution in [0.15, 0.2) is 45.3 Å². The molecule has 0 saturated heterocycles. The van der Waals surface area contributed by atoms with E-state index in [0.29, 0.717) is 12.0 Å². The van der Waals surface area contributed by atoms with Gasteiger partial charge < -0.3 is 5.32 Å². The third-order valence-corrected chi connectivity index (χ3v) is 4.30. The SMILES string of the molecule is CCNC(Cc1cc(Br)ccc1F)c1cc(C)cc(Br)c1. The fraction of sp³-hybridized carbons (Fsp3) is 0.294. The van der Waals surface area contributed by atoms with Crippen molar-refractivity contribution in [3.63, 3.8) is 0 Å². The van der Waals surface area contributed by atoms with Gasteiger partial charge in [-0.05, 0) is 66.9 Å². The van der Waals surface area contributed by atoms with Crippen molar-refractivity contribution in [2.75, 3.05) is 6.54 Å². The van der Waals surface area contributed by atoms with Gasteiger partial charge in [-0.2, -0.15) is 0 Å². The first-order chi connectivity index (χ1) is 9.99. The highest BCUT2D eigenvalue weighted by molar-refractivity contribution is 9.10. The quantitative estimate of drug-likeness (QED) is 0.675. The van der Waals surface area contributed by atoms with Crippen LogP contribution in [0.4, 0.5) is 4.39 Å². The lowest BCUT2D eigenvalue weighted by Crippen LogP contribution is -2.23. The Morgan fingerprint density at radius 1 is 1.10 bits per heavy atom. The van der Waals surface area contributed by atoms with Gasteiger partial charge in [0.15, 0.2) is 0 Å².